The van der Waals surface area contributed by atoms with Crippen LogP contribution in [0.2, 0.25) is 5.02 Å². The van der Waals surface area contributed by atoms with E-state index in [4.69, 9.17) is 11.6 Å². The molecule has 3 heterocycles. The summed E-state index contributed by atoms with van der Waals surface area (Å²) in [5.41, 5.74) is 1.07. The van der Waals surface area contributed by atoms with Crippen molar-refractivity contribution >= 4 is 43.8 Å². The molecule has 3 aromatic rings. The van der Waals surface area contributed by atoms with Gasteiger partial charge in [0.2, 0.25) is 0 Å². The standard InChI is InChI=1S/C9H6BrClN4S/c10-3-7-8(15-5-6(11)4-12-15)13-9-14(7)1-2-16-9/h1-2,4-5H,3H2. The summed E-state index contributed by atoms with van der Waals surface area (Å²) in [6, 6.07) is 0. The number of nitrogens with zero attached hydrogens (tertiary/aromatic N) is 4. The number of rotatable bonds is 2. The largest absolute Gasteiger partial charge is 0.292 e. The molecule has 7 heteroatoms. The zero-order chi connectivity index (χ0) is 11.1. The van der Waals surface area contributed by atoms with Crippen molar-refractivity contribution in [1.29, 1.82) is 0 Å². The summed E-state index contributed by atoms with van der Waals surface area (Å²) in [6.45, 7) is 0. The number of halogens is 2. The second-order valence-electron chi connectivity index (χ2n) is 3.17. The fraction of sp³-hybridized carbons (Fsp3) is 0.111. The summed E-state index contributed by atoms with van der Waals surface area (Å²) in [5, 5.41) is 7.50. The molecule has 3 aromatic heterocycles. The van der Waals surface area contributed by atoms with Crippen molar-refractivity contribution in [3.63, 3.8) is 0 Å². The molecule has 0 atom stereocenters. The summed E-state index contributed by atoms with van der Waals surface area (Å²) < 4.78 is 3.74. The van der Waals surface area contributed by atoms with E-state index in [1.54, 1.807) is 28.4 Å². The van der Waals surface area contributed by atoms with Gasteiger partial charge in [0.15, 0.2) is 10.8 Å². The third kappa shape index (κ3) is 1.49. The minimum Gasteiger partial charge on any atom is -0.292 e. The van der Waals surface area contributed by atoms with E-state index in [0.717, 1.165) is 21.8 Å². The normalized spacial score (nSPS) is 11.4. The number of hydrogen-bond donors (Lipinski definition) is 0. The summed E-state index contributed by atoms with van der Waals surface area (Å²) in [7, 11) is 0. The molecule has 0 aliphatic carbocycles. The van der Waals surface area contributed by atoms with Crippen LogP contribution >= 0.6 is 38.9 Å². The predicted molar refractivity (Wildman–Crippen MR) is 67.8 cm³/mol. The van der Waals surface area contributed by atoms with Gasteiger partial charge < -0.3 is 0 Å². The molecule has 0 radical (unpaired) electrons. The van der Waals surface area contributed by atoms with Crippen LogP contribution in [0, 0.1) is 0 Å². The Balaban J connectivity index is 2.26. The smallest absolute Gasteiger partial charge is 0.195 e. The van der Waals surface area contributed by atoms with Crippen LogP contribution in [0.25, 0.3) is 10.8 Å². The van der Waals surface area contributed by atoms with E-state index in [-0.39, 0.29) is 0 Å². The van der Waals surface area contributed by atoms with Gasteiger partial charge >= 0.3 is 0 Å². The number of fused-ring (bicyclic) bond motifs is 1. The van der Waals surface area contributed by atoms with E-state index in [9.17, 15) is 0 Å². The maximum atomic E-state index is 5.85. The Kier molecular flexibility index (Phi) is 2.49. The van der Waals surface area contributed by atoms with Gasteiger partial charge in [0.05, 0.1) is 23.1 Å². The van der Waals surface area contributed by atoms with E-state index in [1.807, 2.05) is 16.0 Å². The van der Waals surface area contributed by atoms with Crippen LogP contribution < -0.4 is 0 Å². The topological polar surface area (TPSA) is 35.1 Å². The average Bonchev–Trinajstić information content (AvgIpc) is 2.90. The van der Waals surface area contributed by atoms with Crippen molar-refractivity contribution in [3.8, 4) is 5.82 Å². The maximum absolute atomic E-state index is 5.85. The van der Waals surface area contributed by atoms with Crippen molar-refractivity contribution in [1.82, 2.24) is 19.2 Å². The molecule has 0 aliphatic rings. The molecule has 0 saturated heterocycles. The first kappa shape index (κ1) is 10.3. The number of hydrogen-bond acceptors (Lipinski definition) is 3. The van der Waals surface area contributed by atoms with Gasteiger partial charge in [-0.1, -0.05) is 27.5 Å². The molecule has 0 N–H and O–H groups in total. The lowest BCUT2D eigenvalue weighted by Gasteiger charge is -1.99. The van der Waals surface area contributed by atoms with E-state index in [2.05, 4.69) is 26.0 Å². The van der Waals surface area contributed by atoms with Crippen LogP contribution in [0.15, 0.2) is 24.0 Å². The van der Waals surface area contributed by atoms with Crippen LogP contribution in [0.4, 0.5) is 0 Å². The van der Waals surface area contributed by atoms with Crippen LogP contribution in [-0.2, 0) is 5.33 Å². The number of alkyl halides is 1. The first-order chi connectivity index (χ1) is 7.79. The Bertz CT molecular complexity index is 641. The zero-order valence-electron chi connectivity index (χ0n) is 7.97. The van der Waals surface area contributed by atoms with Crippen molar-refractivity contribution in [2.75, 3.05) is 0 Å². The van der Waals surface area contributed by atoms with Crippen LogP contribution in [0.1, 0.15) is 5.69 Å². The van der Waals surface area contributed by atoms with Gasteiger partial charge in [0, 0.05) is 16.9 Å². The van der Waals surface area contributed by atoms with E-state index < -0.39 is 0 Å². The SMILES string of the molecule is Clc1cnn(-c2nc3sccn3c2CBr)c1. The number of aromatic nitrogens is 4. The summed E-state index contributed by atoms with van der Waals surface area (Å²) in [5.74, 6) is 0.815. The first-order valence-electron chi connectivity index (χ1n) is 4.50. The summed E-state index contributed by atoms with van der Waals surface area (Å²) in [4.78, 5) is 5.48. The van der Waals surface area contributed by atoms with E-state index >= 15 is 0 Å². The molecule has 0 bridgehead atoms. The van der Waals surface area contributed by atoms with Gasteiger partial charge in [-0.25, -0.2) is 4.68 Å². The van der Waals surface area contributed by atoms with Gasteiger partial charge in [0.1, 0.15) is 0 Å². The van der Waals surface area contributed by atoms with Crippen molar-refractivity contribution in [2.45, 2.75) is 5.33 Å². The van der Waals surface area contributed by atoms with Crippen LogP contribution in [0.5, 0.6) is 0 Å². The molecule has 4 nitrogen and oxygen atoms in total. The van der Waals surface area contributed by atoms with E-state index in [1.165, 1.54) is 0 Å². The minimum atomic E-state index is 0.608. The lowest BCUT2D eigenvalue weighted by molar-refractivity contribution is 0.844. The Morgan fingerprint density at radius 2 is 2.38 bits per heavy atom. The van der Waals surface area contributed by atoms with Gasteiger partial charge in [-0.2, -0.15) is 10.1 Å². The Hall–Kier alpha value is -0.850. The molecule has 3 rings (SSSR count). The van der Waals surface area contributed by atoms with Gasteiger partial charge in [-0.15, -0.1) is 11.3 Å². The van der Waals surface area contributed by atoms with Crippen LogP contribution in [0.3, 0.4) is 0 Å². The van der Waals surface area contributed by atoms with Gasteiger partial charge in [0.25, 0.3) is 0 Å². The second-order valence-corrected chi connectivity index (χ2v) is 5.04. The molecule has 0 unspecified atom stereocenters. The molecule has 0 saturated carbocycles. The first-order valence-corrected chi connectivity index (χ1v) is 6.88. The zero-order valence-corrected chi connectivity index (χ0v) is 11.1. The molecular weight excluding hydrogens is 312 g/mol. The highest BCUT2D eigenvalue weighted by Gasteiger charge is 2.14. The fourth-order valence-electron chi connectivity index (χ4n) is 1.55. The van der Waals surface area contributed by atoms with Crippen molar-refractivity contribution in [2.24, 2.45) is 0 Å². The molecule has 82 valence electrons. The second kappa shape index (κ2) is 3.87. The monoisotopic (exact) mass is 316 g/mol. The average molecular weight is 318 g/mol. The molecular formula is C9H6BrClN4S. The Morgan fingerprint density at radius 3 is 3.06 bits per heavy atom. The highest BCUT2D eigenvalue weighted by Crippen LogP contribution is 2.22. The third-order valence-corrected chi connectivity index (χ3v) is 3.72. The maximum Gasteiger partial charge on any atom is 0.195 e. The lowest BCUT2D eigenvalue weighted by atomic mass is 10.5. The van der Waals surface area contributed by atoms with Crippen molar-refractivity contribution < 1.29 is 0 Å². The van der Waals surface area contributed by atoms with Gasteiger partial charge in [-0.3, -0.25) is 4.40 Å². The molecule has 0 spiro atoms. The molecule has 0 fully saturated rings. The van der Waals surface area contributed by atoms with Gasteiger partial charge in [-0.05, 0) is 0 Å². The molecule has 0 amide bonds. The summed E-state index contributed by atoms with van der Waals surface area (Å²) in [6.07, 6.45) is 5.35. The molecule has 0 aliphatic heterocycles. The lowest BCUT2D eigenvalue weighted by Crippen LogP contribution is -1.99. The fourth-order valence-corrected chi connectivity index (χ4v) is 2.93. The van der Waals surface area contributed by atoms with Crippen molar-refractivity contribution in [3.05, 3.63) is 34.7 Å². The highest BCUT2D eigenvalue weighted by molar-refractivity contribution is 9.08. The quantitative estimate of drug-likeness (QED) is 0.681. The number of imidazole rings is 1. The van der Waals surface area contributed by atoms with E-state index in [0.29, 0.717) is 5.02 Å². The number of thiazole rings is 1. The highest BCUT2D eigenvalue weighted by atomic mass is 79.9. The minimum absolute atomic E-state index is 0.608. The third-order valence-electron chi connectivity index (χ3n) is 2.23. The Morgan fingerprint density at radius 1 is 1.50 bits per heavy atom. The molecule has 0 aromatic carbocycles. The molecule has 16 heavy (non-hydrogen) atoms. The predicted octanol–water partition coefficient (Wildman–Crippen LogP) is 3.13. The summed E-state index contributed by atoms with van der Waals surface area (Å²) >= 11 is 10.9. The Labute approximate surface area is 109 Å². The van der Waals surface area contributed by atoms with Crippen LogP contribution in [-0.4, -0.2) is 19.2 Å².